The van der Waals surface area contributed by atoms with Gasteiger partial charge < -0.3 is 4.42 Å². The minimum atomic E-state index is 0.681. The highest BCUT2D eigenvalue weighted by Crippen LogP contribution is 2.39. The van der Waals surface area contributed by atoms with E-state index in [1.54, 1.807) is 0 Å². The van der Waals surface area contributed by atoms with Crippen molar-refractivity contribution in [2.45, 2.75) is 0 Å². The van der Waals surface area contributed by atoms with E-state index in [4.69, 9.17) is 14.4 Å². The fraction of sp³-hybridized carbons (Fsp3) is 0. The zero-order valence-corrected chi connectivity index (χ0v) is 22.2. The summed E-state index contributed by atoms with van der Waals surface area (Å²) in [5.74, 6) is 0.681. The second kappa shape index (κ2) is 9.58. The van der Waals surface area contributed by atoms with Crippen molar-refractivity contribution in [2.75, 3.05) is 0 Å². The van der Waals surface area contributed by atoms with Gasteiger partial charge in [0.15, 0.2) is 11.4 Å². The summed E-state index contributed by atoms with van der Waals surface area (Å²) in [5, 5.41) is 3.30. The molecule has 8 rings (SSSR count). The van der Waals surface area contributed by atoms with Crippen molar-refractivity contribution in [2.24, 2.45) is 0 Å². The molecule has 0 saturated carbocycles. The van der Waals surface area contributed by atoms with Crippen LogP contribution in [0.25, 0.3) is 77.7 Å². The summed E-state index contributed by atoms with van der Waals surface area (Å²) in [6.45, 7) is 0. The molecule has 0 amide bonds. The molecule has 0 unspecified atom stereocenters. The number of nitrogens with zero attached hydrogens (tertiary/aromatic N) is 2. The van der Waals surface area contributed by atoms with Crippen LogP contribution in [0.2, 0.25) is 0 Å². The van der Waals surface area contributed by atoms with E-state index in [2.05, 4.69) is 115 Å². The van der Waals surface area contributed by atoms with Crippen molar-refractivity contribution in [3.05, 3.63) is 146 Å². The fourth-order valence-corrected chi connectivity index (χ4v) is 5.67. The lowest BCUT2D eigenvalue weighted by atomic mass is 9.97. The number of benzene rings is 6. The minimum Gasteiger partial charge on any atom is -0.452 e. The molecule has 0 bridgehead atoms. The minimum absolute atomic E-state index is 0.681. The van der Waals surface area contributed by atoms with Gasteiger partial charge in [-0.15, -0.1) is 0 Å². The Kier molecular flexibility index (Phi) is 5.46. The third-order valence-corrected chi connectivity index (χ3v) is 7.68. The Balaban J connectivity index is 1.36. The zero-order valence-electron chi connectivity index (χ0n) is 22.2. The Hall–Kier alpha value is -5.54. The quantitative estimate of drug-likeness (QED) is 0.230. The largest absolute Gasteiger partial charge is 0.452 e. The monoisotopic (exact) mass is 524 g/mol. The molecule has 2 heterocycles. The number of hydrogen-bond acceptors (Lipinski definition) is 3. The SMILES string of the molecule is c1ccc(-c2cccc(-c3cccc(-c4nc(-c5ccccc5)nc5c4oc4ccc6ccccc6c45)c3)c2)cc1. The molecule has 0 spiro atoms. The summed E-state index contributed by atoms with van der Waals surface area (Å²) >= 11 is 0. The Bertz CT molecular complexity index is 2200. The Labute approximate surface area is 237 Å². The van der Waals surface area contributed by atoms with Crippen LogP contribution in [0, 0.1) is 0 Å². The molecule has 3 nitrogen and oxygen atoms in total. The summed E-state index contributed by atoms with van der Waals surface area (Å²) in [4.78, 5) is 10.2. The van der Waals surface area contributed by atoms with Gasteiger partial charge in [-0.25, -0.2) is 9.97 Å². The first-order valence-electron chi connectivity index (χ1n) is 13.8. The normalized spacial score (nSPS) is 11.4. The van der Waals surface area contributed by atoms with Gasteiger partial charge in [-0.05, 0) is 51.2 Å². The van der Waals surface area contributed by atoms with E-state index in [0.29, 0.717) is 11.4 Å². The van der Waals surface area contributed by atoms with E-state index in [-0.39, 0.29) is 0 Å². The average Bonchev–Trinajstić information content (AvgIpc) is 3.44. The number of aromatic nitrogens is 2. The van der Waals surface area contributed by atoms with Crippen molar-refractivity contribution in [3.8, 4) is 44.9 Å². The first-order chi connectivity index (χ1) is 20.3. The first-order valence-corrected chi connectivity index (χ1v) is 13.8. The number of rotatable bonds is 4. The summed E-state index contributed by atoms with van der Waals surface area (Å²) in [7, 11) is 0. The maximum Gasteiger partial charge on any atom is 0.180 e. The van der Waals surface area contributed by atoms with Gasteiger partial charge in [-0.1, -0.05) is 127 Å². The van der Waals surface area contributed by atoms with Crippen LogP contribution in [0.1, 0.15) is 0 Å². The van der Waals surface area contributed by atoms with E-state index in [0.717, 1.165) is 55.2 Å². The van der Waals surface area contributed by atoms with Crippen molar-refractivity contribution in [3.63, 3.8) is 0 Å². The molecule has 0 aliphatic rings. The maximum absolute atomic E-state index is 6.53. The summed E-state index contributed by atoms with van der Waals surface area (Å²) in [5.41, 5.74) is 9.74. The van der Waals surface area contributed by atoms with Crippen LogP contribution in [-0.2, 0) is 0 Å². The van der Waals surface area contributed by atoms with Gasteiger partial charge in [-0.3, -0.25) is 0 Å². The maximum atomic E-state index is 6.53. The Morgan fingerprint density at radius 2 is 1.02 bits per heavy atom. The molecule has 0 fully saturated rings. The predicted molar refractivity (Wildman–Crippen MR) is 169 cm³/mol. The second-order valence-corrected chi connectivity index (χ2v) is 10.2. The van der Waals surface area contributed by atoms with Gasteiger partial charge >= 0.3 is 0 Å². The molecule has 0 N–H and O–H groups in total. The van der Waals surface area contributed by atoms with Gasteiger partial charge in [0.2, 0.25) is 0 Å². The van der Waals surface area contributed by atoms with E-state index >= 15 is 0 Å². The van der Waals surface area contributed by atoms with Crippen molar-refractivity contribution in [1.29, 1.82) is 0 Å². The Morgan fingerprint density at radius 1 is 0.439 bits per heavy atom. The standard InChI is InChI=1S/C38H24N2O/c1-3-11-25(12-4-1)28-16-9-17-29(23-28)30-18-10-19-31(24-30)35-37-36(40-38(39-35)27-14-5-2-6-15-27)34-32-20-8-7-13-26(32)21-22-33(34)41-37/h1-24H. The molecule has 6 aromatic carbocycles. The molecule has 3 heteroatoms. The number of fused-ring (bicyclic) bond motifs is 5. The predicted octanol–water partition coefficient (Wildman–Crippen LogP) is 10.2. The molecule has 0 aliphatic heterocycles. The van der Waals surface area contributed by atoms with Crippen molar-refractivity contribution < 1.29 is 4.42 Å². The summed E-state index contributed by atoms with van der Waals surface area (Å²) < 4.78 is 6.53. The van der Waals surface area contributed by atoms with E-state index in [9.17, 15) is 0 Å². The molecule has 192 valence electrons. The lowest BCUT2D eigenvalue weighted by molar-refractivity contribution is 0.667. The molecule has 0 radical (unpaired) electrons. The molecule has 2 aromatic heterocycles. The fourth-order valence-electron chi connectivity index (χ4n) is 5.67. The number of hydrogen-bond donors (Lipinski definition) is 0. The van der Waals surface area contributed by atoms with E-state index in [1.165, 1.54) is 11.1 Å². The molecule has 0 saturated heterocycles. The average molecular weight is 525 g/mol. The second-order valence-electron chi connectivity index (χ2n) is 10.2. The van der Waals surface area contributed by atoms with Crippen LogP contribution < -0.4 is 0 Å². The first kappa shape index (κ1) is 23.4. The van der Waals surface area contributed by atoms with E-state index in [1.807, 2.05) is 30.3 Å². The summed E-state index contributed by atoms with van der Waals surface area (Å²) in [6.07, 6.45) is 0. The molecule has 41 heavy (non-hydrogen) atoms. The lowest BCUT2D eigenvalue weighted by Crippen LogP contribution is -1.94. The van der Waals surface area contributed by atoms with Crippen LogP contribution >= 0.6 is 0 Å². The molecular formula is C38H24N2O. The van der Waals surface area contributed by atoms with Crippen LogP contribution in [0.15, 0.2) is 150 Å². The topological polar surface area (TPSA) is 38.9 Å². The summed E-state index contributed by atoms with van der Waals surface area (Å²) in [6, 6.07) is 50.4. The van der Waals surface area contributed by atoms with E-state index < -0.39 is 0 Å². The van der Waals surface area contributed by atoms with Crippen molar-refractivity contribution in [1.82, 2.24) is 9.97 Å². The van der Waals surface area contributed by atoms with Gasteiger partial charge in [-0.2, -0.15) is 0 Å². The van der Waals surface area contributed by atoms with Crippen LogP contribution in [0.5, 0.6) is 0 Å². The van der Waals surface area contributed by atoms with Gasteiger partial charge in [0.05, 0.1) is 5.39 Å². The highest BCUT2D eigenvalue weighted by atomic mass is 16.3. The number of furan rings is 1. The Morgan fingerprint density at radius 3 is 1.78 bits per heavy atom. The van der Waals surface area contributed by atoms with Crippen LogP contribution in [0.3, 0.4) is 0 Å². The third-order valence-electron chi connectivity index (χ3n) is 7.68. The lowest BCUT2D eigenvalue weighted by Gasteiger charge is -2.10. The zero-order chi connectivity index (χ0) is 27.2. The molecular weight excluding hydrogens is 500 g/mol. The highest BCUT2D eigenvalue weighted by Gasteiger charge is 2.20. The molecule has 0 aliphatic carbocycles. The molecule has 0 atom stereocenters. The smallest absolute Gasteiger partial charge is 0.180 e. The van der Waals surface area contributed by atoms with Crippen LogP contribution in [0.4, 0.5) is 0 Å². The van der Waals surface area contributed by atoms with Crippen LogP contribution in [-0.4, -0.2) is 9.97 Å². The van der Waals surface area contributed by atoms with Gasteiger partial charge in [0.1, 0.15) is 16.8 Å². The highest BCUT2D eigenvalue weighted by molar-refractivity contribution is 6.19. The third kappa shape index (κ3) is 4.07. The van der Waals surface area contributed by atoms with Gasteiger partial charge in [0.25, 0.3) is 0 Å². The molecule has 8 aromatic rings. The van der Waals surface area contributed by atoms with Gasteiger partial charge in [0, 0.05) is 11.1 Å². The van der Waals surface area contributed by atoms with Crippen molar-refractivity contribution >= 4 is 32.8 Å².